The van der Waals surface area contributed by atoms with Gasteiger partial charge in [-0.15, -0.1) is 69.4 Å². The number of thiocarbonyl (C=S) groups is 1. The highest BCUT2D eigenvalue weighted by atomic mass is 35.5. The van der Waals surface area contributed by atoms with Crippen LogP contribution in [0.4, 0.5) is 20.5 Å². The van der Waals surface area contributed by atoms with Crippen molar-refractivity contribution in [3.63, 3.8) is 0 Å². The summed E-state index contributed by atoms with van der Waals surface area (Å²) in [5, 5.41) is 12.5. The smallest absolute Gasteiger partial charge is 0.212 e. The summed E-state index contributed by atoms with van der Waals surface area (Å²) in [6.07, 6.45) is 0. The van der Waals surface area contributed by atoms with Gasteiger partial charge in [0, 0.05) is 33.0 Å². The Bertz CT molecular complexity index is 1940. The van der Waals surface area contributed by atoms with E-state index in [-0.39, 0.29) is 59.8 Å². The van der Waals surface area contributed by atoms with E-state index in [4.69, 9.17) is 97.4 Å². The molecular weight excluding hydrogens is 886 g/mol. The molecule has 4 rings (SSSR count). The molecule has 27 nitrogen and oxygen atoms in total. The second-order valence-corrected chi connectivity index (χ2v) is 13.0. The first kappa shape index (κ1) is 53.0. The molecule has 0 radical (unpaired) electrons. The van der Waals surface area contributed by atoms with E-state index in [1.54, 1.807) is 10.8 Å². The topological polar surface area (TPSA) is 539 Å². The molecule has 0 aliphatic carbocycles. The first-order chi connectivity index (χ1) is 26.4. The van der Waals surface area contributed by atoms with Gasteiger partial charge in [-0.2, -0.15) is 25.0 Å². The predicted octanol–water partition coefficient (Wildman–Crippen LogP) is -1.10. The lowest BCUT2D eigenvalue weighted by molar-refractivity contribution is 0.993. The number of rotatable bonds is 10. The van der Waals surface area contributed by atoms with Gasteiger partial charge in [0.2, 0.25) is 20.5 Å². The lowest BCUT2D eigenvalue weighted by Crippen LogP contribution is -2.25. The van der Waals surface area contributed by atoms with Gasteiger partial charge in [0.1, 0.15) is 0 Å². The first-order valence-electron chi connectivity index (χ1n) is 14.2. The summed E-state index contributed by atoms with van der Waals surface area (Å²) < 4.78 is 0. The Hall–Kier alpha value is -6.12. The number of halogens is 2. The van der Waals surface area contributed by atoms with Crippen molar-refractivity contribution in [3.05, 3.63) is 54.7 Å². The van der Waals surface area contributed by atoms with Gasteiger partial charge in [0.05, 0.1) is 41.7 Å². The third-order valence-electron chi connectivity index (χ3n) is 4.36. The van der Waals surface area contributed by atoms with Crippen LogP contribution in [0.5, 0.6) is 0 Å². The molecule has 0 saturated heterocycles. The molecule has 57 heavy (non-hydrogen) atoms. The van der Waals surface area contributed by atoms with E-state index in [9.17, 15) is 0 Å². The molecule has 4 heterocycles. The summed E-state index contributed by atoms with van der Waals surface area (Å²) in [6, 6.07) is 0. The molecule has 312 valence electrons. The van der Waals surface area contributed by atoms with E-state index in [1.165, 1.54) is 45.3 Å². The van der Waals surface area contributed by atoms with Crippen LogP contribution in [0.1, 0.15) is 22.8 Å². The molecule has 0 amide bonds. The van der Waals surface area contributed by atoms with Gasteiger partial charge in [-0.3, -0.25) is 0 Å². The summed E-state index contributed by atoms with van der Waals surface area (Å²) in [5.74, 6) is 0.283. The summed E-state index contributed by atoms with van der Waals surface area (Å²) in [7, 11) is 0. The maximum Gasteiger partial charge on any atom is 0.212 e. The molecule has 0 bridgehead atoms. The number of nitrogens with two attached hydrogens (primary N) is 14. The lowest BCUT2D eigenvalue weighted by Gasteiger charge is -1.90. The van der Waals surface area contributed by atoms with Crippen LogP contribution in [0.25, 0.3) is 10.4 Å². The van der Waals surface area contributed by atoms with Gasteiger partial charge in [-0.25, -0.2) is 24.9 Å². The summed E-state index contributed by atoms with van der Waals surface area (Å²) in [6.45, 7) is 0.961. The zero-order valence-corrected chi connectivity index (χ0v) is 35.0. The van der Waals surface area contributed by atoms with Crippen LogP contribution in [-0.2, 0) is 25.5 Å². The first-order valence-corrected chi connectivity index (χ1v) is 18.7. The number of azide groups is 1. The number of guanidine groups is 6. The number of hydrogen-bond acceptors (Lipinski definition) is 16. The Morgan fingerprint density at radius 3 is 1.19 bits per heavy atom. The van der Waals surface area contributed by atoms with E-state index in [1.807, 2.05) is 10.8 Å². The third kappa shape index (κ3) is 28.9. The van der Waals surface area contributed by atoms with Crippen molar-refractivity contribution in [1.82, 2.24) is 19.9 Å². The minimum Gasteiger partial charge on any atom is -0.374 e. The molecule has 34 heteroatoms. The fourth-order valence-corrected chi connectivity index (χ4v) is 5.69. The number of thiazole rings is 4. The van der Waals surface area contributed by atoms with Gasteiger partial charge in [-0.05, 0) is 17.7 Å². The molecule has 0 fully saturated rings. The SMILES string of the molecule is Cl.NC(=S)N=C(N)N.NC(N)=NCc1csc(N=C(N)N)n1.NC(N)=Nc1nc(CCl)cs1.NCc1csc(N=C(N)N)n1.[N-]=[N+]=NCc1csc(N=C(N)N)n1. The van der Waals surface area contributed by atoms with Crippen LogP contribution < -0.4 is 80.3 Å². The largest absolute Gasteiger partial charge is 0.374 e. The average molecular weight is 927 g/mol. The number of nitrogens with zero attached hydrogens (tertiary/aromatic N) is 13. The minimum atomic E-state index is -0.104. The van der Waals surface area contributed by atoms with Crippen molar-refractivity contribution in [2.75, 3.05) is 0 Å². The second kappa shape index (κ2) is 30.1. The number of alkyl halides is 1. The molecule has 0 aromatic carbocycles. The van der Waals surface area contributed by atoms with Crippen molar-refractivity contribution >= 4 is 143 Å². The van der Waals surface area contributed by atoms with Crippen LogP contribution in [0, 0.1) is 0 Å². The Kier molecular flexibility index (Phi) is 28.0. The molecule has 0 unspecified atom stereocenters. The third-order valence-corrected chi connectivity index (χ3v) is 7.86. The predicted molar refractivity (Wildman–Crippen MR) is 240 cm³/mol. The van der Waals surface area contributed by atoms with E-state index in [0.29, 0.717) is 45.2 Å². The Morgan fingerprint density at radius 1 is 0.579 bits per heavy atom. The van der Waals surface area contributed by atoms with Gasteiger partial charge >= 0.3 is 0 Å². The van der Waals surface area contributed by atoms with Crippen LogP contribution in [0.3, 0.4) is 0 Å². The molecule has 0 atom stereocenters. The number of aromatic nitrogens is 4. The minimum absolute atomic E-state index is 0. The summed E-state index contributed by atoms with van der Waals surface area (Å²) in [5.41, 5.74) is 82.5. The van der Waals surface area contributed by atoms with E-state index >= 15 is 0 Å². The van der Waals surface area contributed by atoms with Gasteiger partial charge in [-0.1, -0.05) is 5.11 Å². The molecule has 0 spiro atoms. The van der Waals surface area contributed by atoms with Crippen LogP contribution in [-0.4, -0.2) is 60.8 Å². The van der Waals surface area contributed by atoms with Gasteiger partial charge in [0.25, 0.3) is 0 Å². The standard InChI is InChI=1S/C6H11N7S.C5H7ClN4S.C5H7N7S.C5H9N5S.C2H6N4S.ClH/c7-4(8)11-1-3-2-14-6(12-3)13-5(9)10;6-1-3-2-11-5(9-3)10-4(7)8;6-4(7)11-5-10-3(2-13-5)1-9-12-8;6-1-3-2-11-5(9-3)10-4(7)8;3-1(4)6-2(5)7;/h2H,1H2,(H4,7,8,11)(H4,9,10,12,13);2H,1H2,(H4,7,8,9,10);2H,1H2,(H4,6,7,10,11);2H,1,6H2,(H4,7,8,9,10);(H6,3,4,5,6,7);1H. The molecule has 4 aromatic heterocycles. The zero-order valence-electron chi connectivity index (χ0n) is 29.4. The highest BCUT2D eigenvalue weighted by molar-refractivity contribution is 7.80. The van der Waals surface area contributed by atoms with Crippen LogP contribution in [0.2, 0.25) is 0 Å². The van der Waals surface area contributed by atoms with E-state index in [0.717, 1.165) is 17.1 Å². The van der Waals surface area contributed by atoms with Crippen LogP contribution >= 0.6 is 81.6 Å². The second-order valence-electron chi connectivity index (χ2n) is 8.98. The Labute approximate surface area is 356 Å². The fourth-order valence-electron chi connectivity index (χ4n) is 2.54. The molecule has 28 N–H and O–H groups in total. The molecule has 0 aliphatic rings. The van der Waals surface area contributed by atoms with E-state index in [2.05, 4.69) is 72.1 Å². The quantitative estimate of drug-likeness (QED) is 0.0171. The summed E-state index contributed by atoms with van der Waals surface area (Å²) in [4.78, 5) is 40.8. The molecule has 4 aromatic rings. The number of aliphatic imine (C=N–C) groups is 6. The molecular formula is C23H41Cl2N27S5. The maximum absolute atomic E-state index is 8.05. The molecule has 0 saturated carbocycles. The molecule has 0 aliphatic heterocycles. The van der Waals surface area contributed by atoms with Gasteiger partial charge < -0.3 is 80.3 Å². The number of hydrogen-bond donors (Lipinski definition) is 14. The van der Waals surface area contributed by atoms with Crippen molar-refractivity contribution < 1.29 is 0 Å². The average Bonchev–Trinajstić information content (AvgIpc) is 3.91. The summed E-state index contributed by atoms with van der Waals surface area (Å²) >= 11 is 15.1. The normalized spacial score (nSPS) is 8.95. The van der Waals surface area contributed by atoms with E-state index < -0.39 is 0 Å². The maximum atomic E-state index is 8.05. The monoisotopic (exact) mass is 925 g/mol. The van der Waals surface area contributed by atoms with Gasteiger partial charge in [0.15, 0.2) is 40.9 Å². The fraction of sp³-hybridized carbons (Fsp3) is 0.174. The van der Waals surface area contributed by atoms with Crippen molar-refractivity contribution in [1.29, 1.82) is 0 Å². The van der Waals surface area contributed by atoms with Crippen molar-refractivity contribution in [2.24, 2.45) is 115 Å². The highest BCUT2D eigenvalue weighted by Gasteiger charge is 2.01. The lowest BCUT2D eigenvalue weighted by atomic mass is 10.5. The van der Waals surface area contributed by atoms with Crippen molar-refractivity contribution in [2.45, 2.75) is 25.5 Å². The zero-order chi connectivity index (χ0) is 42.6. The Morgan fingerprint density at radius 2 is 0.930 bits per heavy atom. The van der Waals surface area contributed by atoms with Crippen molar-refractivity contribution in [3.8, 4) is 0 Å². The van der Waals surface area contributed by atoms with Crippen LogP contribution in [0.15, 0.2) is 56.6 Å². The Balaban J connectivity index is 0. The highest BCUT2D eigenvalue weighted by Crippen LogP contribution is 2.21.